The van der Waals surface area contributed by atoms with Crippen LogP contribution < -0.4 is 15.5 Å². The highest BCUT2D eigenvalue weighted by Crippen LogP contribution is 2.28. The monoisotopic (exact) mass is 469 g/mol. The zero-order chi connectivity index (χ0) is 22.2. The van der Waals surface area contributed by atoms with Crippen LogP contribution in [0.3, 0.4) is 0 Å². The van der Waals surface area contributed by atoms with Crippen LogP contribution in [-0.4, -0.2) is 44.7 Å². The van der Waals surface area contributed by atoms with Gasteiger partial charge in [-0.1, -0.05) is 12.1 Å². The SMILES string of the molecule is Fc1ccc(CCCNC(=S)Nc2nc(Sc3ncccn3)cc(N3CCCC3)n2)cc1. The molecule has 0 amide bonds. The van der Waals surface area contributed by atoms with Crippen LogP contribution in [0.2, 0.25) is 0 Å². The smallest absolute Gasteiger partial charge is 0.232 e. The number of aromatic nitrogens is 4. The van der Waals surface area contributed by atoms with Crippen LogP contribution in [0.5, 0.6) is 0 Å². The molecule has 166 valence electrons. The summed E-state index contributed by atoms with van der Waals surface area (Å²) in [6, 6.07) is 10.3. The maximum Gasteiger partial charge on any atom is 0.232 e. The first kappa shape index (κ1) is 22.3. The number of halogens is 1. The molecule has 1 saturated heterocycles. The second-order valence-electron chi connectivity index (χ2n) is 7.33. The minimum Gasteiger partial charge on any atom is -0.362 e. The van der Waals surface area contributed by atoms with Gasteiger partial charge in [0.2, 0.25) is 5.95 Å². The lowest BCUT2D eigenvalue weighted by Gasteiger charge is -2.18. The number of anilines is 2. The van der Waals surface area contributed by atoms with Crippen molar-refractivity contribution < 1.29 is 4.39 Å². The Morgan fingerprint density at radius 1 is 1.09 bits per heavy atom. The molecule has 1 aliphatic rings. The first-order chi connectivity index (χ1) is 15.7. The summed E-state index contributed by atoms with van der Waals surface area (Å²) >= 11 is 6.83. The molecule has 2 N–H and O–H groups in total. The number of thiocarbonyl (C=S) groups is 1. The van der Waals surface area contributed by atoms with Crippen LogP contribution in [0, 0.1) is 5.82 Å². The maximum atomic E-state index is 13.0. The topological polar surface area (TPSA) is 78.9 Å². The first-order valence-electron chi connectivity index (χ1n) is 10.5. The molecule has 7 nitrogen and oxygen atoms in total. The lowest BCUT2D eigenvalue weighted by molar-refractivity contribution is 0.626. The highest BCUT2D eigenvalue weighted by atomic mass is 32.2. The summed E-state index contributed by atoms with van der Waals surface area (Å²) in [4.78, 5) is 20.1. The molecule has 0 atom stereocenters. The molecule has 0 bridgehead atoms. The average molecular weight is 470 g/mol. The Kier molecular flexibility index (Phi) is 7.78. The van der Waals surface area contributed by atoms with Crippen LogP contribution in [0.15, 0.2) is 59.0 Å². The molecule has 3 heterocycles. The third-order valence-corrected chi connectivity index (χ3v) is 5.98. The van der Waals surface area contributed by atoms with Gasteiger partial charge in [-0.3, -0.25) is 0 Å². The highest BCUT2D eigenvalue weighted by molar-refractivity contribution is 7.99. The lowest BCUT2D eigenvalue weighted by atomic mass is 10.1. The normalized spacial score (nSPS) is 13.2. The summed E-state index contributed by atoms with van der Waals surface area (Å²) in [5.41, 5.74) is 1.10. The summed E-state index contributed by atoms with van der Waals surface area (Å²) < 4.78 is 13.0. The minimum absolute atomic E-state index is 0.218. The Morgan fingerprint density at radius 2 is 1.84 bits per heavy atom. The van der Waals surface area contributed by atoms with Gasteiger partial charge in [-0.25, -0.2) is 19.3 Å². The number of nitrogens with one attached hydrogen (secondary N) is 2. The van der Waals surface area contributed by atoms with E-state index in [0.717, 1.165) is 55.2 Å². The molecule has 0 radical (unpaired) electrons. The van der Waals surface area contributed by atoms with E-state index in [4.69, 9.17) is 12.2 Å². The molecule has 1 aliphatic heterocycles. The van der Waals surface area contributed by atoms with Crippen molar-refractivity contribution in [3.8, 4) is 0 Å². The van der Waals surface area contributed by atoms with E-state index < -0.39 is 0 Å². The van der Waals surface area contributed by atoms with Crippen molar-refractivity contribution in [1.29, 1.82) is 0 Å². The van der Waals surface area contributed by atoms with Crippen LogP contribution >= 0.6 is 24.0 Å². The fraction of sp³-hybridized carbons (Fsp3) is 0.318. The highest BCUT2D eigenvalue weighted by Gasteiger charge is 2.17. The van der Waals surface area contributed by atoms with Gasteiger partial charge in [0.05, 0.1) is 0 Å². The Hall–Kier alpha value is -2.85. The van der Waals surface area contributed by atoms with Crippen molar-refractivity contribution in [3.05, 3.63) is 60.2 Å². The van der Waals surface area contributed by atoms with Gasteiger partial charge >= 0.3 is 0 Å². The summed E-state index contributed by atoms with van der Waals surface area (Å²) in [6.45, 7) is 2.65. The molecular weight excluding hydrogens is 445 g/mol. The average Bonchev–Trinajstić information content (AvgIpc) is 3.34. The van der Waals surface area contributed by atoms with Crippen molar-refractivity contribution >= 4 is 40.9 Å². The minimum atomic E-state index is -0.218. The number of nitrogens with zero attached hydrogens (tertiary/aromatic N) is 5. The van der Waals surface area contributed by atoms with E-state index in [9.17, 15) is 4.39 Å². The van der Waals surface area contributed by atoms with Gasteiger partial charge in [-0.15, -0.1) is 0 Å². The molecule has 2 aromatic heterocycles. The maximum absolute atomic E-state index is 13.0. The Morgan fingerprint density at radius 3 is 2.59 bits per heavy atom. The largest absolute Gasteiger partial charge is 0.362 e. The number of hydrogen-bond acceptors (Lipinski definition) is 7. The predicted octanol–water partition coefficient (Wildman–Crippen LogP) is 4.08. The number of hydrogen-bond donors (Lipinski definition) is 2. The van der Waals surface area contributed by atoms with E-state index in [-0.39, 0.29) is 5.82 Å². The van der Waals surface area contributed by atoms with Crippen LogP contribution in [0.4, 0.5) is 16.2 Å². The molecule has 0 saturated carbocycles. The quantitative estimate of drug-likeness (QED) is 0.220. The van der Waals surface area contributed by atoms with Gasteiger partial charge in [0.25, 0.3) is 0 Å². The third kappa shape index (κ3) is 6.57. The van der Waals surface area contributed by atoms with Crippen molar-refractivity contribution in [2.24, 2.45) is 0 Å². The van der Waals surface area contributed by atoms with Crippen LogP contribution in [0.1, 0.15) is 24.8 Å². The molecule has 32 heavy (non-hydrogen) atoms. The Balaban J connectivity index is 1.36. The first-order valence-corrected chi connectivity index (χ1v) is 11.8. The van der Waals surface area contributed by atoms with Crippen molar-refractivity contribution in [3.63, 3.8) is 0 Å². The summed E-state index contributed by atoms with van der Waals surface area (Å²) in [5.74, 6) is 1.10. The fourth-order valence-electron chi connectivity index (χ4n) is 3.35. The molecule has 0 unspecified atom stereocenters. The van der Waals surface area contributed by atoms with Crippen LogP contribution in [0.25, 0.3) is 0 Å². The zero-order valence-electron chi connectivity index (χ0n) is 17.5. The third-order valence-electron chi connectivity index (χ3n) is 4.92. The van der Waals surface area contributed by atoms with E-state index in [1.807, 2.05) is 6.07 Å². The van der Waals surface area contributed by atoms with E-state index >= 15 is 0 Å². The second-order valence-corrected chi connectivity index (χ2v) is 8.72. The lowest BCUT2D eigenvalue weighted by Crippen LogP contribution is -2.30. The van der Waals surface area contributed by atoms with E-state index in [1.54, 1.807) is 30.6 Å². The molecule has 3 aromatic rings. The van der Waals surface area contributed by atoms with E-state index in [1.165, 1.54) is 23.9 Å². The van der Waals surface area contributed by atoms with Crippen molar-refractivity contribution in [1.82, 2.24) is 25.3 Å². The standard InChI is InChI=1S/C22H24FN7S2/c23-17-8-6-16(7-9-17)5-3-10-24-21(31)29-20-27-18(30-13-1-2-14-30)15-19(28-20)32-22-25-11-4-12-26-22/h4,6-9,11-12,15H,1-3,5,10,13-14H2,(H2,24,27,28,29,31). The Labute approximate surface area is 196 Å². The molecule has 0 spiro atoms. The molecule has 1 fully saturated rings. The summed E-state index contributed by atoms with van der Waals surface area (Å²) in [5, 5.41) is 8.15. The molecular formula is C22H24FN7S2. The van der Waals surface area contributed by atoms with Gasteiger partial charge in [-0.05, 0) is 73.4 Å². The predicted molar refractivity (Wildman–Crippen MR) is 129 cm³/mol. The second kappa shape index (κ2) is 11.1. The van der Waals surface area contributed by atoms with Crippen molar-refractivity contribution in [2.75, 3.05) is 29.9 Å². The zero-order valence-corrected chi connectivity index (χ0v) is 19.1. The number of rotatable bonds is 8. The Bertz CT molecular complexity index is 1030. The van der Waals surface area contributed by atoms with E-state index in [2.05, 4.69) is 35.5 Å². The molecule has 4 rings (SSSR count). The van der Waals surface area contributed by atoms with Gasteiger partial charge in [0.15, 0.2) is 10.3 Å². The van der Waals surface area contributed by atoms with Crippen LogP contribution in [-0.2, 0) is 6.42 Å². The molecule has 10 heteroatoms. The molecule has 1 aromatic carbocycles. The molecule has 0 aliphatic carbocycles. The van der Waals surface area contributed by atoms with Crippen molar-refractivity contribution in [2.45, 2.75) is 35.9 Å². The van der Waals surface area contributed by atoms with Gasteiger partial charge in [0.1, 0.15) is 16.7 Å². The number of benzene rings is 1. The number of aryl methyl sites for hydroxylation is 1. The summed E-state index contributed by atoms with van der Waals surface area (Å²) in [6.07, 6.45) is 7.45. The van der Waals surface area contributed by atoms with Gasteiger partial charge in [0, 0.05) is 38.1 Å². The van der Waals surface area contributed by atoms with E-state index in [0.29, 0.717) is 22.8 Å². The fourth-order valence-corrected chi connectivity index (χ4v) is 4.26. The van der Waals surface area contributed by atoms with Gasteiger partial charge < -0.3 is 15.5 Å². The summed E-state index contributed by atoms with van der Waals surface area (Å²) in [7, 11) is 0. The van der Waals surface area contributed by atoms with Gasteiger partial charge in [-0.2, -0.15) is 4.98 Å².